The lowest BCUT2D eigenvalue weighted by Gasteiger charge is -2.23. The van der Waals surface area contributed by atoms with Gasteiger partial charge in [0.2, 0.25) is 10.0 Å². The summed E-state index contributed by atoms with van der Waals surface area (Å²) < 4.78 is 30.5. The normalized spacial score (nSPS) is 13.8. The summed E-state index contributed by atoms with van der Waals surface area (Å²) in [5.74, 6) is -0.131. The average molecular weight is 300 g/mol. The number of aromatic nitrogens is 1. The zero-order valence-corrected chi connectivity index (χ0v) is 12.4. The molecule has 0 aliphatic carbocycles. The molecule has 2 rings (SSSR count). The molecule has 0 amide bonds. The van der Waals surface area contributed by atoms with Gasteiger partial charge < -0.3 is 4.52 Å². The number of hydrogen-bond donors (Lipinski definition) is 0. The van der Waals surface area contributed by atoms with Gasteiger partial charge in [0.15, 0.2) is 0 Å². The second-order valence-electron chi connectivity index (χ2n) is 4.45. The van der Waals surface area contributed by atoms with Crippen molar-refractivity contribution in [1.29, 1.82) is 0 Å². The van der Waals surface area contributed by atoms with Crippen molar-refractivity contribution in [2.24, 2.45) is 0 Å². The van der Waals surface area contributed by atoms with Crippen molar-refractivity contribution in [2.75, 3.05) is 7.05 Å². The zero-order valence-electron chi connectivity index (χ0n) is 10.8. The van der Waals surface area contributed by atoms with Crippen LogP contribution in [0.3, 0.4) is 0 Å². The van der Waals surface area contributed by atoms with Crippen LogP contribution < -0.4 is 0 Å². The van der Waals surface area contributed by atoms with Crippen molar-refractivity contribution < 1.29 is 12.9 Å². The van der Waals surface area contributed by atoms with Gasteiger partial charge in [0.25, 0.3) is 0 Å². The Morgan fingerprint density at radius 3 is 2.84 bits per heavy atom. The average Bonchev–Trinajstić information content (AvgIpc) is 3.00. The first-order valence-corrected chi connectivity index (χ1v) is 8.40. The predicted molar refractivity (Wildman–Crippen MR) is 74.4 cm³/mol. The Hall–Kier alpha value is -1.18. The molecule has 0 aliphatic heterocycles. The largest absolute Gasteiger partial charge is 0.364 e. The van der Waals surface area contributed by atoms with E-state index in [4.69, 9.17) is 0 Å². The summed E-state index contributed by atoms with van der Waals surface area (Å²) in [5.41, 5.74) is 1.58. The topological polar surface area (TPSA) is 63.4 Å². The molecule has 19 heavy (non-hydrogen) atoms. The minimum atomic E-state index is -3.37. The van der Waals surface area contributed by atoms with Crippen molar-refractivity contribution in [3.05, 3.63) is 40.4 Å². The summed E-state index contributed by atoms with van der Waals surface area (Å²) in [7, 11) is -1.77. The van der Waals surface area contributed by atoms with Gasteiger partial charge in [-0.1, -0.05) is 5.16 Å². The molecular formula is C12H16N2O3S2. The fourth-order valence-electron chi connectivity index (χ4n) is 1.75. The van der Waals surface area contributed by atoms with Gasteiger partial charge in [0.05, 0.1) is 5.69 Å². The molecule has 104 valence electrons. The third kappa shape index (κ3) is 3.65. The number of rotatable bonds is 6. The van der Waals surface area contributed by atoms with Gasteiger partial charge in [-0.15, -0.1) is 0 Å². The summed E-state index contributed by atoms with van der Waals surface area (Å²) >= 11 is 1.61. The first-order chi connectivity index (χ1) is 8.99. The van der Waals surface area contributed by atoms with Crippen LogP contribution in [-0.4, -0.2) is 31.0 Å². The highest BCUT2D eigenvalue weighted by atomic mass is 32.2. The maximum absolute atomic E-state index is 12.2. The van der Waals surface area contributed by atoms with Gasteiger partial charge in [-0.05, 0) is 35.7 Å². The SMILES string of the molecule is C[C@@H](Cc1ccsc1)N(C)S(=O)(=O)Cc1ccon1. The van der Waals surface area contributed by atoms with Crippen molar-refractivity contribution >= 4 is 21.4 Å². The quantitative estimate of drug-likeness (QED) is 0.820. The van der Waals surface area contributed by atoms with E-state index in [1.54, 1.807) is 24.5 Å². The summed E-state index contributed by atoms with van der Waals surface area (Å²) in [6, 6.07) is 3.49. The third-order valence-electron chi connectivity index (χ3n) is 2.99. The van der Waals surface area contributed by atoms with Gasteiger partial charge in [-0.25, -0.2) is 12.7 Å². The van der Waals surface area contributed by atoms with E-state index in [-0.39, 0.29) is 11.8 Å². The maximum atomic E-state index is 12.2. The predicted octanol–water partition coefficient (Wildman–Crippen LogP) is 2.13. The van der Waals surface area contributed by atoms with Crippen LogP contribution in [0.25, 0.3) is 0 Å². The Balaban J connectivity index is 2.03. The molecule has 1 atom stereocenters. The number of nitrogens with zero attached hydrogens (tertiary/aromatic N) is 2. The van der Waals surface area contributed by atoms with Crippen LogP contribution in [0.2, 0.25) is 0 Å². The highest BCUT2D eigenvalue weighted by Crippen LogP contribution is 2.15. The lowest BCUT2D eigenvalue weighted by molar-refractivity contribution is 0.383. The lowest BCUT2D eigenvalue weighted by atomic mass is 10.1. The molecule has 0 N–H and O–H groups in total. The molecule has 2 aromatic rings. The van der Waals surface area contributed by atoms with Crippen LogP contribution >= 0.6 is 11.3 Å². The molecule has 0 saturated heterocycles. The first-order valence-electron chi connectivity index (χ1n) is 5.85. The van der Waals surface area contributed by atoms with E-state index in [1.165, 1.54) is 10.6 Å². The Bertz CT molecular complexity index is 591. The van der Waals surface area contributed by atoms with Gasteiger partial charge in [-0.3, -0.25) is 0 Å². The van der Waals surface area contributed by atoms with Crippen molar-refractivity contribution in [1.82, 2.24) is 9.46 Å². The van der Waals surface area contributed by atoms with Gasteiger partial charge in [0, 0.05) is 19.2 Å². The van der Waals surface area contributed by atoms with E-state index in [9.17, 15) is 8.42 Å². The first kappa shape index (κ1) is 14.2. The molecule has 2 aromatic heterocycles. The Morgan fingerprint density at radius 2 is 2.26 bits per heavy atom. The summed E-state index contributed by atoms with van der Waals surface area (Å²) in [4.78, 5) is 0. The minimum absolute atomic E-state index is 0.0912. The summed E-state index contributed by atoms with van der Waals surface area (Å²) in [5, 5.41) is 7.67. The zero-order chi connectivity index (χ0) is 13.9. The van der Waals surface area contributed by atoms with Crippen LogP contribution in [0.4, 0.5) is 0 Å². The molecule has 0 bridgehead atoms. The molecule has 0 saturated carbocycles. The van der Waals surface area contributed by atoms with E-state index < -0.39 is 10.0 Å². The Morgan fingerprint density at radius 1 is 1.47 bits per heavy atom. The van der Waals surface area contributed by atoms with Gasteiger partial charge in [-0.2, -0.15) is 11.3 Å². The van der Waals surface area contributed by atoms with E-state index in [2.05, 4.69) is 9.68 Å². The third-order valence-corrected chi connectivity index (χ3v) is 5.62. The smallest absolute Gasteiger partial charge is 0.219 e. The summed E-state index contributed by atoms with van der Waals surface area (Å²) in [6.45, 7) is 1.90. The highest BCUT2D eigenvalue weighted by molar-refractivity contribution is 7.88. The van der Waals surface area contributed by atoms with Crippen LogP contribution in [0.1, 0.15) is 18.2 Å². The molecule has 2 heterocycles. The maximum Gasteiger partial charge on any atom is 0.219 e. The molecule has 0 fully saturated rings. The van der Waals surface area contributed by atoms with E-state index in [0.717, 1.165) is 5.56 Å². The highest BCUT2D eigenvalue weighted by Gasteiger charge is 2.24. The molecule has 0 aliphatic rings. The van der Waals surface area contributed by atoms with Crippen LogP contribution in [-0.2, 0) is 22.2 Å². The van der Waals surface area contributed by atoms with Crippen molar-refractivity contribution in [2.45, 2.75) is 25.1 Å². The fourth-order valence-corrected chi connectivity index (χ4v) is 3.78. The molecule has 0 aromatic carbocycles. The standard InChI is InChI=1S/C12H16N2O3S2/c1-10(7-11-4-6-18-8-11)14(2)19(15,16)9-12-3-5-17-13-12/h3-6,8,10H,7,9H2,1-2H3/t10-/m0/s1. The van der Waals surface area contributed by atoms with E-state index in [1.807, 2.05) is 23.8 Å². The second-order valence-corrected chi connectivity index (χ2v) is 7.26. The molecule has 7 heteroatoms. The Kier molecular flexibility index (Phi) is 4.38. The number of thiophene rings is 1. The molecular weight excluding hydrogens is 284 g/mol. The summed E-state index contributed by atoms with van der Waals surface area (Å²) in [6.07, 6.45) is 2.08. The molecule has 0 radical (unpaired) electrons. The molecule has 5 nitrogen and oxygen atoms in total. The van der Waals surface area contributed by atoms with Crippen LogP contribution in [0.5, 0.6) is 0 Å². The second kappa shape index (κ2) is 5.85. The molecule has 0 spiro atoms. The van der Waals surface area contributed by atoms with Crippen molar-refractivity contribution in [3.8, 4) is 0 Å². The van der Waals surface area contributed by atoms with E-state index >= 15 is 0 Å². The van der Waals surface area contributed by atoms with Gasteiger partial charge >= 0.3 is 0 Å². The van der Waals surface area contributed by atoms with Crippen molar-refractivity contribution in [3.63, 3.8) is 0 Å². The lowest BCUT2D eigenvalue weighted by Crippen LogP contribution is -2.37. The number of likely N-dealkylation sites (N-methyl/N-ethyl adjacent to an activating group) is 1. The fraction of sp³-hybridized carbons (Fsp3) is 0.417. The monoisotopic (exact) mass is 300 g/mol. The number of hydrogen-bond acceptors (Lipinski definition) is 5. The number of sulfonamides is 1. The van der Waals surface area contributed by atoms with Gasteiger partial charge in [0.1, 0.15) is 12.0 Å². The van der Waals surface area contributed by atoms with Crippen LogP contribution in [0, 0.1) is 0 Å². The Labute approximate surface area is 116 Å². The molecule has 0 unspecified atom stereocenters. The van der Waals surface area contributed by atoms with Crippen LogP contribution in [0.15, 0.2) is 33.7 Å². The minimum Gasteiger partial charge on any atom is -0.364 e. The van der Waals surface area contributed by atoms with E-state index in [0.29, 0.717) is 12.1 Å².